The molecule has 9 heteroatoms. The van der Waals surface area contributed by atoms with Gasteiger partial charge in [0.15, 0.2) is 0 Å². The lowest BCUT2D eigenvalue weighted by Gasteiger charge is -2.39. The molecule has 1 aromatic rings. The van der Waals surface area contributed by atoms with Crippen LogP contribution in [0.25, 0.3) is 0 Å². The fourth-order valence-electron chi connectivity index (χ4n) is 3.70. The van der Waals surface area contributed by atoms with E-state index in [2.05, 4.69) is 10.6 Å². The number of hydrogen-bond donors (Lipinski definition) is 2. The lowest BCUT2D eigenvalue weighted by atomic mass is 10.0. The first-order chi connectivity index (χ1) is 13.6. The minimum Gasteiger partial charge on any atom is -0.351 e. The van der Waals surface area contributed by atoms with Crippen molar-refractivity contribution in [3.8, 4) is 0 Å². The van der Waals surface area contributed by atoms with Crippen molar-refractivity contribution in [3.63, 3.8) is 0 Å². The number of nitrogens with zero attached hydrogens (tertiary/aromatic N) is 1. The molecule has 0 aliphatic carbocycles. The molecule has 1 atom stereocenters. The number of rotatable bonds is 4. The number of thioether (sulfide) groups is 1. The third-order valence-corrected chi connectivity index (χ3v) is 6.96. The summed E-state index contributed by atoms with van der Waals surface area (Å²) in [4.78, 5) is 26.3. The summed E-state index contributed by atoms with van der Waals surface area (Å²) in [7, 11) is 0. The Labute approximate surface area is 172 Å². The number of amides is 2. The molecule has 0 saturated carbocycles. The van der Waals surface area contributed by atoms with Crippen LogP contribution in [-0.2, 0) is 22.3 Å². The van der Waals surface area contributed by atoms with E-state index >= 15 is 0 Å². The van der Waals surface area contributed by atoms with E-state index in [1.54, 1.807) is 17.8 Å². The first-order valence-corrected chi connectivity index (χ1v) is 10.7. The van der Waals surface area contributed by atoms with Crippen LogP contribution in [0.15, 0.2) is 24.3 Å². The highest BCUT2D eigenvalue weighted by Gasteiger charge is 2.44. The van der Waals surface area contributed by atoms with Gasteiger partial charge in [-0.05, 0) is 30.5 Å². The molecule has 2 amide bonds. The maximum absolute atomic E-state index is 12.8. The summed E-state index contributed by atoms with van der Waals surface area (Å²) >= 11 is 1.69. The van der Waals surface area contributed by atoms with Gasteiger partial charge in [-0.2, -0.15) is 13.2 Å². The molecular formula is C20H26F3N3O2S. The molecule has 1 unspecified atom stereocenters. The fraction of sp³-hybridized carbons (Fsp3) is 0.600. The maximum Gasteiger partial charge on any atom is 0.416 e. The number of nitrogens with one attached hydrogen (secondary N) is 2. The molecule has 2 N–H and O–H groups in total. The van der Waals surface area contributed by atoms with Gasteiger partial charge in [0.1, 0.15) is 0 Å². The minimum absolute atomic E-state index is 0.0254. The summed E-state index contributed by atoms with van der Waals surface area (Å²) in [5.74, 6) is 0.514. The van der Waals surface area contributed by atoms with Crippen molar-refractivity contribution in [3.05, 3.63) is 35.4 Å². The number of carbonyl (C=O) groups excluding carboxylic acids is 2. The van der Waals surface area contributed by atoms with Crippen molar-refractivity contribution >= 4 is 23.6 Å². The summed E-state index contributed by atoms with van der Waals surface area (Å²) in [6.07, 6.45) is -2.86. The Bertz CT molecular complexity index is 762. The van der Waals surface area contributed by atoms with Gasteiger partial charge < -0.3 is 10.2 Å². The van der Waals surface area contributed by atoms with E-state index in [0.29, 0.717) is 24.4 Å². The average Bonchev–Trinajstić information content (AvgIpc) is 3.09. The molecule has 1 spiro atoms. The van der Waals surface area contributed by atoms with Crippen molar-refractivity contribution in [2.24, 2.45) is 5.92 Å². The van der Waals surface area contributed by atoms with E-state index in [-0.39, 0.29) is 29.1 Å². The number of likely N-dealkylation sites (tertiary alicyclic amines) is 1. The number of alkyl halides is 3. The van der Waals surface area contributed by atoms with Gasteiger partial charge in [0, 0.05) is 31.3 Å². The topological polar surface area (TPSA) is 61.4 Å². The molecule has 2 aliphatic rings. The molecular weight excluding hydrogens is 403 g/mol. The Balaban J connectivity index is 1.51. The van der Waals surface area contributed by atoms with Gasteiger partial charge in [-0.25, -0.2) is 0 Å². The zero-order valence-electron chi connectivity index (χ0n) is 16.5. The van der Waals surface area contributed by atoms with Gasteiger partial charge >= 0.3 is 6.18 Å². The quantitative estimate of drug-likeness (QED) is 0.773. The zero-order valence-corrected chi connectivity index (χ0v) is 17.3. The molecule has 0 radical (unpaired) electrons. The van der Waals surface area contributed by atoms with Crippen LogP contribution in [0, 0.1) is 5.92 Å². The number of benzene rings is 1. The molecule has 2 heterocycles. The van der Waals surface area contributed by atoms with Crippen LogP contribution in [0.1, 0.15) is 37.8 Å². The smallest absolute Gasteiger partial charge is 0.351 e. The van der Waals surface area contributed by atoms with Crippen LogP contribution >= 0.6 is 11.8 Å². The summed E-state index contributed by atoms with van der Waals surface area (Å²) < 4.78 is 38.4. The van der Waals surface area contributed by atoms with Crippen molar-refractivity contribution in [2.75, 3.05) is 18.8 Å². The highest BCUT2D eigenvalue weighted by molar-refractivity contribution is 8.01. The van der Waals surface area contributed by atoms with Gasteiger partial charge in [0.25, 0.3) is 0 Å². The van der Waals surface area contributed by atoms with Crippen LogP contribution in [0.4, 0.5) is 13.2 Å². The Morgan fingerprint density at radius 3 is 2.62 bits per heavy atom. The fourth-order valence-corrected chi connectivity index (χ4v) is 5.11. The standard InChI is InChI=1S/C20H26F3N3O2S/c1-13(2)18(28)26-8-6-19(7-9-26)25-16(12-29-19)17(27)24-11-14-4-3-5-15(10-14)20(21,22)23/h3-5,10,13,16,25H,6-9,11-12H2,1-2H3,(H,24,27). The largest absolute Gasteiger partial charge is 0.416 e. The van der Waals surface area contributed by atoms with E-state index in [4.69, 9.17) is 0 Å². The first-order valence-electron chi connectivity index (χ1n) is 9.74. The van der Waals surface area contributed by atoms with Crippen molar-refractivity contribution in [1.29, 1.82) is 0 Å². The summed E-state index contributed by atoms with van der Waals surface area (Å²) in [5.41, 5.74) is -0.311. The van der Waals surface area contributed by atoms with Gasteiger partial charge in [-0.1, -0.05) is 26.0 Å². The highest BCUT2D eigenvalue weighted by atomic mass is 32.2. The Hall–Kier alpha value is -1.74. The minimum atomic E-state index is -4.40. The van der Waals surface area contributed by atoms with Gasteiger partial charge in [0.2, 0.25) is 11.8 Å². The number of hydrogen-bond acceptors (Lipinski definition) is 4. The molecule has 1 aromatic carbocycles. The molecule has 0 bridgehead atoms. The zero-order chi connectivity index (χ0) is 21.2. The highest BCUT2D eigenvalue weighted by Crippen LogP contribution is 2.39. The second-order valence-corrected chi connectivity index (χ2v) is 9.30. The maximum atomic E-state index is 12.8. The normalized spacial score (nSPS) is 21.6. The van der Waals surface area contributed by atoms with Crippen LogP contribution in [0.3, 0.4) is 0 Å². The van der Waals surface area contributed by atoms with Crippen LogP contribution < -0.4 is 10.6 Å². The van der Waals surface area contributed by atoms with Gasteiger partial charge in [0.05, 0.1) is 16.5 Å². The lowest BCUT2D eigenvalue weighted by Crippen LogP contribution is -2.54. The second-order valence-electron chi connectivity index (χ2n) is 7.90. The van der Waals surface area contributed by atoms with Crippen molar-refractivity contribution < 1.29 is 22.8 Å². The van der Waals surface area contributed by atoms with E-state index in [1.165, 1.54) is 6.07 Å². The third-order valence-electron chi connectivity index (χ3n) is 5.38. The Morgan fingerprint density at radius 2 is 2.00 bits per heavy atom. The molecule has 0 aromatic heterocycles. The van der Waals surface area contributed by atoms with E-state index < -0.39 is 17.8 Å². The number of piperidine rings is 1. The molecule has 29 heavy (non-hydrogen) atoms. The predicted molar refractivity (Wildman–Crippen MR) is 106 cm³/mol. The molecule has 5 nitrogen and oxygen atoms in total. The first kappa shape index (κ1) is 22.0. The SMILES string of the molecule is CC(C)C(=O)N1CCC2(CC1)NC(C(=O)NCc1cccc(C(F)(F)F)c1)CS2. The predicted octanol–water partition coefficient (Wildman–Crippen LogP) is 3.00. The summed E-state index contributed by atoms with van der Waals surface area (Å²) in [6, 6.07) is 4.59. The van der Waals surface area contributed by atoms with Crippen molar-refractivity contribution in [2.45, 2.75) is 50.3 Å². The van der Waals surface area contributed by atoms with Crippen LogP contribution in [-0.4, -0.2) is 46.5 Å². The van der Waals surface area contributed by atoms with E-state index in [1.807, 2.05) is 18.7 Å². The monoisotopic (exact) mass is 429 g/mol. The molecule has 2 aliphatic heterocycles. The molecule has 3 rings (SSSR count). The Morgan fingerprint density at radius 1 is 1.31 bits per heavy atom. The Kier molecular flexibility index (Phi) is 6.48. The molecule has 2 saturated heterocycles. The molecule has 160 valence electrons. The third kappa shape index (κ3) is 5.25. The van der Waals surface area contributed by atoms with E-state index in [9.17, 15) is 22.8 Å². The van der Waals surface area contributed by atoms with Gasteiger partial charge in [-0.15, -0.1) is 11.8 Å². The van der Waals surface area contributed by atoms with Crippen LogP contribution in [0.5, 0.6) is 0 Å². The summed E-state index contributed by atoms with van der Waals surface area (Å²) in [6.45, 7) is 5.15. The second kappa shape index (κ2) is 8.55. The lowest BCUT2D eigenvalue weighted by molar-refractivity contribution is -0.137. The summed E-state index contributed by atoms with van der Waals surface area (Å²) in [5, 5.41) is 6.14. The van der Waals surface area contributed by atoms with Crippen LogP contribution in [0.2, 0.25) is 0 Å². The number of carbonyl (C=O) groups is 2. The van der Waals surface area contributed by atoms with Gasteiger partial charge in [-0.3, -0.25) is 14.9 Å². The van der Waals surface area contributed by atoms with E-state index in [0.717, 1.165) is 25.0 Å². The number of halogens is 3. The molecule has 2 fully saturated rings. The van der Waals surface area contributed by atoms with Crippen molar-refractivity contribution in [1.82, 2.24) is 15.5 Å². The average molecular weight is 430 g/mol.